The van der Waals surface area contributed by atoms with E-state index >= 15 is 0 Å². The van der Waals surface area contributed by atoms with Crippen LogP contribution in [-0.4, -0.2) is 14.7 Å². The first-order valence-corrected chi connectivity index (χ1v) is 8.63. The van der Waals surface area contributed by atoms with Crippen LogP contribution in [0, 0.1) is 0 Å². The minimum atomic E-state index is -3.21. The first-order valence-electron chi connectivity index (χ1n) is 5.62. The Bertz CT molecular complexity index is 663. The Labute approximate surface area is 121 Å². The van der Waals surface area contributed by atoms with Crippen molar-refractivity contribution in [2.24, 2.45) is 0 Å². The Morgan fingerprint density at radius 1 is 1.05 bits per heavy atom. The second kappa shape index (κ2) is 5.75. The molecule has 0 bridgehead atoms. The third-order valence-electron chi connectivity index (χ3n) is 2.55. The summed E-state index contributed by atoms with van der Waals surface area (Å²) in [5, 5.41) is 0.789. The number of hydrogen-bond acceptors (Lipinski definition) is 3. The standard InChI is InChI=1S/C14H13BrO3S/c1-19(16,17)14-4-2-3-13(9-14)18-12-7-5-11(10-15)6-8-12/h2-9H,10H2,1H3. The Hall–Kier alpha value is -1.33. The van der Waals surface area contributed by atoms with Crippen molar-refractivity contribution in [3.05, 3.63) is 54.1 Å². The minimum absolute atomic E-state index is 0.252. The van der Waals surface area contributed by atoms with Crippen LogP contribution >= 0.6 is 15.9 Å². The summed E-state index contributed by atoms with van der Waals surface area (Å²) in [6, 6.07) is 14.1. The van der Waals surface area contributed by atoms with Gasteiger partial charge in [0.05, 0.1) is 4.90 Å². The number of halogens is 1. The summed E-state index contributed by atoms with van der Waals surface area (Å²) in [5.74, 6) is 1.19. The van der Waals surface area contributed by atoms with Crippen LogP contribution in [0.2, 0.25) is 0 Å². The number of sulfone groups is 1. The van der Waals surface area contributed by atoms with Crippen molar-refractivity contribution in [1.29, 1.82) is 0 Å². The molecule has 0 unspecified atom stereocenters. The van der Waals surface area contributed by atoms with Crippen molar-refractivity contribution in [2.45, 2.75) is 10.2 Å². The fourth-order valence-electron chi connectivity index (χ4n) is 1.55. The maximum absolute atomic E-state index is 11.5. The van der Waals surface area contributed by atoms with Crippen molar-refractivity contribution < 1.29 is 13.2 Å². The van der Waals surface area contributed by atoms with Crippen LogP contribution in [0.25, 0.3) is 0 Å². The van der Waals surface area contributed by atoms with E-state index in [1.54, 1.807) is 18.2 Å². The van der Waals surface area contributed by atoms with E-state index in [1.165, 1.54) is 12.3 Å². The van der Waals surface area contributed by atoms with Gasteiger partial charge in [-0.05, 0) is 35.9 Å². The van der Waals surface area contributed by atoms with Gasteiger partial charge in [-0.3, -0.25) is 0 Å². The summed E-state index contributed by atoms with van der Waals surface area (Å²) in [7, 11) is -3.21. The van der Waals surface area contributed by atoms with Gasteiger partial charge < -0.3 is 4.74 Å². The summed E-state index contributed by atoms with van der Waals surface area (Å²) in [6.45, 7) is 0. The Morgan fingerprint density at radius 2 is 1.74 bits per heavy atom. The second-order valence-electron chi connectivity index (χ2n) is 4.13. The quantitative estimate of drug-likeness (QED) is 0.795. The van der Waals surface area contributed by atoms with Crippen molar-refractivity contribution in [3.8, 4) is 11.5 Å². The van der Waals surface area contributed by atoms with Gasteiger partial charge in [-0.15, -0.1) is 0 Å². The molecule has 2 aromatic carbocycles. The molecule has 0 aliphatic rings. The lowest BCUT2D eigenvalue weighted by Crippen LogP contribution is -1.97. The number of alkyl halides is 1. The molecule has 0 radical (unpaired) electrons. The molecule has 0 saturated heterocycles. The van der Waals surface area contributed by atoms with Gasteiger partial charge in [-0.2, -0.15) is 0 Å². The molecule has 0 aliphatic heterocycles. The molecule has 5 heteroatoms. The normalized spacial score (nSPS) is 11.3. The summed E-state index contributed by atoms with van der Waals surface area (Å²) >= 11 is 3.37. The third kappa shape index (κ3) is 3.81. The number of benzene rings is 2. The second-order valence-corrected chi connectivity index (χ2v) is 6.70. The summed E-state index contributed by atoms with van der Waals surface area (Å²) in [6.07, 6.45) is 1.18. The fourth-order valence-corrected chi connectivity index (χ4v) is 2.58. The zero-order chi connectivity index (χ0) is 13.9. The first kappa shape index (κ1) is 14.1. The van der Waals surface area contributed by atoms with Gasteiger partial charge in [-0.1, -0.05) is 34.1 Å². The van der Waals surface area contributed by atoms with Crippen LogP contribution in [0.1, 0.15) is 5.56 Å². The molecular formula is C14H13BrO3S. The number of hydrogen-bond donors (Lipinski definition) is 0. The van der Waals surface area contributed by atoms with Gasteiger partial charge in [0.25, 0.3) is 0 Å². The van der Waals surface area contributed by atoms with E-state index in [4.69, 9.17) is 4.74 Å². The highest BCUT2D eigenvalue weighted by atomic mass is 79.9. The molecule has 0 atom stereocenters. The molecule has 0 aliphatic carbocycles. The van der Waals surface area contributed by atoms with Crippen LogP contribution < -0.4 is 4.74 Å². The third-order valence-corrected chi connectivity index (χ3v) is 4.30. The predicted molar refractivity (Wildman–Crippen MR) is 78.7 cm³/mol. The highest BCUT2D eigenvalue weighted by molar-refractivity contribution is 9.08. The summed E-state index contributed by atoms with van der Waals surface area (Å²) in [5.41, 5.74) is 1.15. The number of ether oxygens (including phenoxy) is 1. The maximum atomic E-state index is 11.5. The van der Waals surface area contributed by atoms with Crippen LogP contribution in [0.15, 0.2) is 53.4 Å². The van der Waals surface area contributed by atoms with Gasteiger partial charge in [0, 0.05) is 11.6 Å². The molecular weight excluding hydrogens is 328 g/mol. The van der Waals surface area contributed by atoms with Crippen LogP contribution in [-0.2, 0) is 15.2 Å². The highest BCUT2D eigenvalue weighted by Gasteiger charge is 2.08. The van der Waals surface area contributed by atoms with E-state index in [0.717, 1.165) is 10.9 Å². The molecule has 0 heterocycles. The number of rotatable bonds is 4. The zero-order valence-corrected chi connectivity index (χ0v) is 12.7. The lowest BCUT2D eigenvalue weighted by molar-refractivity contribution is 0.480. The average molecular weight is 341 g/mol. The fraction of sp³-hybridized carbons (Fsp3) is 0.143. The van der Waals surface area contributed by atoms with Crippen molar-refractivity contribution in [1.82, 2.24) is 0 Å². The van der Waals surface area contributed by atoms with E-state index in [0.29, 0.717) is 11.5 Å². The van der Waals surface area contributed by atoms with E-state index in [2.05, 4.69) is 15.9 Å². The molecule has 0 fully saturated rings. The van der Waals surface area contributed by atoms with Gasteiger partial charge in [0.15, 0.2) is 9.84 Å². The lowest BCUT2D eigenvalue weighted by atomic mass is 10.2. The molecule has 0 saturated carbocycles. The zero-order valence-electron chi connectivity index (χ0n) is 10.3. The lowest BCUT2D eigenvalue weighted by Gasteiger charge is -2.07. The molecule has 0 aromatic heterocycles. The average Bonchev–Trinajstić information content (AvgIpc) is 2.39. The van der Waals surface area contributed by atoms with Crippen molar-refractivity contribution >= 4 is 25.8 Å². The Balaban J connectivity index is 2.23. The molecule has 0 N–H and O–H groups in total. The first-order chi connectivity index (χ1) is 8.99. The predicted octanol–water partition coefficient (Wildman–Crippen LogP) is 3.78. The van der Waals surface area contributed by atoms with Crippen molar-refractivity contribution in [3.63, 3.8) is 0 Å². The van der Waals surface area contributed by atoms with E-state index in [1.807, 2.05) is 24.3 Å². The SMILES string of the molecule is CS(=O)(=O)c1cccc(Oc2ccc(CBr)cc2)c1. The highest BCUT2D eigenvalue weighted by Crippen LogP contribution is 2.24. The molecule has 2 rings (SSSR count). The van der Waals surface area contributed by atoms with Gasteiger partial charge in [0.2, 0.25) is 0 Å². The Morgan fingerprint density at radius 3 is 2.32 bits per heavy atom. The van der Waals surface area contributed by atoms with Crippen LogP contribution in [0.4, 0.5) is 0 Å². The van der Waals surface area contributed by atoms with Gasteiger partial charge >= 0.3 is 0 Å². The van der Waals surface area contributed by atoms with Gasteiger partial charge in [-0.25, -0.2) is 8.42 Å². The summed E-state index contributed by atoms with van der Waals surface area (Å²) < 4.78 is 28.6. The smallest absolute Gasteiger partial charge is 0.175 e. The molecule has 0 spiro atoms. The molecule has 0 amide bonds. The minimum Gasteiger partial charge on any atom is -0.457 e. The van der Waals surface area contributed by atoms with E-state index < -0.39 is 9.84 Å². The van der Waals surface area contributed by atoms with Crippen molar-refractivity contribution in [2.75, 3.05) is 6.26 Å². The Kier molecular flexibility index (Phi) is 4.27. The monoisotopic (exact) mass is 340 g/mol. The molecule has 100 valence electrons. The van der Waals surface area contributed by atoms with E-state index in [9.17, 15) is 8.42 Å². The molecule has 2 aromatic rings. The van der Waals surface area contributed by atoms with Crippen LogP contribution in [0.5, 0.6) is 11.5 Å². The maximum Gasteiger partial charge on any atom is 0.175 e. The topological polar surface area (TPSA) is 43.4 Å². The van der Waals surface area contributed by atoms with Gasteiger partial charge in [0.1, 0.15) is 11.5 Å². The molecule has 3 nitrogen and oxygen atoms in total. The van der Waals surface area contributed by atoms with E-state index in [-0.39, 0.29) is 4.90 Å². The summed E-state index contributed by atoms with van der Waals surface area (Å²) in [4.78, 5) is 0.252. The largest absolute Gasteiger partial charge is 0.457 e. The van der Waals surface area contributed by atoms with Crippen LogP contribution in [0.3, 0.4) is 0 Å². The molecule has 19 heavy (non-hydrogen) atoms.